The Bertz CT molecular complexity index is 970. The Hall–Kier alpha value is -2.54. The molecule has 0 saturated heterocycles. The molecular weight excluding hydrogens is 420 g/mol. The van der Waals surface area contributed by atoms with E-state index in [0.29, 0.717) is 17.0 Å². The average Bonchev–Trinajstić information content (AvgIpc) is 2.98. The molecule has 1 heterocycles. The van der Waals surface area contributed by atoms with Gasteiger partial charge < -0.3 is 9.26 Å². The van der Waals surface area contributed by atoms with E-state index < -0.39 is 23.7 Å². The van der Waals surface area contributed by atoms with Crippen LogP contribution >= 0.6 is 15.9 Å². The summed E-state index contributed by atoms with van der Waals surface area (Å²) in [5, 5.41) is 3.93. The zero-order valence-electron chi connectivity index (χ0n) is 14.6. The van der Waals surface area contributed by atoms with Gasteiger partial charge in [-0.25, -0.2) is 8.78 Å². The van der Waals surface area contributed by atoms with E-state index in [0.717, 1.165) is 16.1 Å². The number of carbonyl (C=O) groups excluding carboxylic acids is 1. The third kappa shape index (κ3) is 4.24. The summed E-state index contributed by atoms with van der Waals surface area (Å²) < 4.78 is 38.8. The van der Waals surface area contributed by atoms with Gasteiger partial charge in [0.05, 0.1) is 12.1 Å². The molecule has 0 fully saturated rings. The first-order chi connectivity index (χ1) is 12.9. The zero-order valence-corrected chi connectivity index (χ0v) is 16.2. The molecule has 3 aromatic rings. The topological polar surface area (TPSA) is 52.3 Å². The van der Waals surface area contributed by atoms with E-state index in [-0.39, 0.29) is 12.0 Å². The van der Waals surface area contributed by atoms with Gasteiger partial charge in [0.1, 0.15) is 6.10 Å². The smallest absolute Gasteiger partial charge is 0.311 e. The van der Waals surface area contributed by atoms with E-state index in [4.69, 9.17) is 9.26 Å². The fourth-order valence-corrected chi connectivity index (χ4v) is 2.97. The number of nitrogens with zero attached hydrogens (tertiary/aromatic N) is 1. The van der Waals surface area contributed by atoms with Crippen molar-refractivity contribution in [1.82, 2.24) is 5.16 Å². The van der Waals surface area contributed by atoms with Gasteiger partial charge >= 0.3 is 5.97 Å². The van der Waals surface area contributed by atoms with Gasteiger partial charge in [-0.05, 0) is 32.0 Å². The predicted molar refractivity (Wildman–Crippen MR) is 98.9 cm³/mol. The van der Waals surface area contributed by atoms with E-state index in [2.05, 4.69) is 21.1 Å². The summed E-state index contributed by atoms with van der Waals surface area (Å²) in [7, 11) is 0. The molecule has 0 aliphatic heterocycles. The van der Waals surface area contributed by atoms with Crippen LogP contribution in [0.15, 0.2) is 51.5 Å². The minimum absolute atomic E-state index is 0.0153. The lowest BCUT2D eigenvalue weighted by Crippen LogP contribution is -2.13. The number of carbonyl (C=O) groups is 1. The third-order valence-corrected chi connectivity index (χ3v) is 4.67. The van der Waals surface area contributed by atoms with Crippen molar-refractivity contribution in [3.63, 3.8) is 0 Å². The van der Waals surface area contributed by atoms with Crippen molar-refractivity contribution in [3.05, 3.63) is 75.4 Å². The Balaban J connectivity index is 1.77. The maximum absolute atomic E-state index is 13.9. The van der Waals surface area contributed by atoms with Crippen LogP contribution in [0.2, 0.25) is 0 Å². The van der Waals surface area contributed by atoms with Crippen LogP contribution in [0, 0.1) is 18.6 Å². The number of ether oxygens (including phenoxy) is 1. The van der Waals surface area contributed by atoms with Crippen LogP contribution in [-0.4, -0.2) is 11.1 Å². The van der Waals surface area contributed by atoms with Gasteiger partial charge in [0, 0.05) is 21.2 Å². The van der Waals surface area contributed by atoms with Crippen molar-refractivity contribution in [3.8, 4) is 11.3 Å². The summed E-state index contributed by atoms with van der Waals surface area (Å²) in [6.45, 7) is 3.22. The van der Waals surface area contributed by atoms with Crippen molar-refractivity contribution in [2.75, 3.05) is 0 Å². The lowest BCUT2D eigenvalue weighted by atomic mass is 10.0. The van der Waals surface area contributed by atoms with Gasteiger partial charge in [-0.15, -0.1) is 0 Å². The van der Waals surface area contributed by atoms with E-state index in [1.807, 2.05) is 24.3 Å². The predicted octanol–water partition coefficient (Wildman–Crippen LogP) is 5.54. The second-order valence-electron chi connectivity index (χ2n) is 6.03. The number of rotatable bonds is 5. The molecule has 0 amide bonds. The molecule has 1 atom stereocenters. The van der Waals surface area contributed by atoms with Crippen molar-refractivity contribution < 1.29 is 22.8 Å². The first-order valence-electron chi connectivity index (χ1n) is 8.21. The van der Waals surface area contributed by atoms with Gasteiger partial charge in [0.25, 0.3) is 0 Å². The van der Waals surface area contributed by atoms with Crippen LogP contribution in [0.1, 0.15) is 29.8 Å². The van der Waals surface area contributed by atoms with Crippen molar-refractivity contribution in [2.45, 2.75) is 26.4 Å². The SMILES string of the molecule is Cc1noc(-c2ccc(Br)cc2)c1CC(=O)OC(C)c1cccc(F)c1F. The molecule has 0 aliphatic rings. The summed E-state index contributed by atoms with van der Waals surface area (Å²) in [6, 6.07) is 11.1. The number of esters is 1. The van der Waals surface area contributed by atoms with Crippen molar-refractivity contribution >= 4 is 21.9 Å². The molecule has 2 aromatic carbocycles. The Morgan fingerprint density at radius 1 is 1.22 bits per heavy atom. The standard InChI is InChI=1S/C20H16BrF2NO3/c1-11-16(20(27-24-11)13-6-8-14(21)9-7-13)10-18(25)26-12(2)15-4-3-5-17(22)19(15)23/h3-9,12H,10H2,1-2H3. The highest BCUT2D eigenvalue weighted by Crippen LogP contribution is 2.29. The lowest BCUT2D eigenvalue weighted by molar-refractivity contribution is -0.147. The average molecular weight is 436 g/mol. The highest BCUT2D eigenvalue weighted by molar-refractivity contribution is 9.10. The van der Waals surface area contributed by atoms with Crippen molar-refractivity contribution in [2.24, 2.45) is 0 Å². The highest BCUT2D eigenvalue weighted by Gasteiger charge is 2.22. The Kier molecular flexibility index (Phi) is 5.70. The summed E-state index contributed by atoms with van der Waals surface area (Å²) in [5.41, 5.74) is 1.91. The van der Waals surface area contributed by atoms with Crippen LogP contribution < -0.4 is 0 Å². The number of hydrogen-bond acceptors (Lipinski definition) is 4. The molecule has 7 heteroatoms. The monoisotopic (exact) mass is 435 g/mol. The highest BCUT2D eigenvalue weighted by atomic mass is 79.9. The maximum atomic E-state index is 13.9. The van der Waals surface area contributed by atoms with E-state index in [1.165, 1.54) is 19.1 Å². The van der Waals surface area contributed by atoms with Crippen LogP contribution in [0.3, 0.4) is 0 Å². The van der Waals surface area contributed by atoms with Gasteiger partial charge in [-0.2, -0.15) is 0 Å². The molecule has 0 aliphatic carbocycles. The number of aromatic nitrogens is 1. The van der Waals surface area contributed by atoms with Gasteiger partial charge in [-0.1, -0.05) is 45.4 Å². The molecule has 27 heavy (non-hydrogen) atoms. The number of halogens is 3. The fourth-order valence-electron chi connectivity index (χ4n) is 2.71. The maximum Gasteiger partial charge on any atom is 0.311 e. The number of aryl methyl sites for hydroxylation is 1. The van der Waals surface area contributed by atoms with E-state index >= 15 is 0 Å². The lowest BCUT2D eigenvalue weighted by Gasteiger charge is -2.14. The molecule has 1 aromatic heterocycles. The fraction of sp³-hybridized carbons (Fsp3) is 0.200. The Morgan fingerprint density at radius 2 is 1.93 bits per heavy atom. The van der Waals surface area contributed by atoms with Gasteiger partial charge in [0.15, 0.2) is 17.4 Å². The van der Waals surface area contributed by atoms with Crippen molar-refractivity contribution in [1.29, 1.82) is 0 Å². The van der Waals surface area contributed by atoms with Crippen LogP contribution in [0.4, 0.5) is 8.78 Å². The molecule has 0 saturated carbocycles. The molecule has 140 valence electrons. The second kappa shape index (κ2) is 8.00. The minimum Gasteiger partial charge on any atom is -0.457 e. The summed E-state index contributed by atoms with van der Waals surface area (Å²) in [6.07, 6.45) is -1.02. The van der Waals surface area contributed by atoms with Crippen LogP contribution in [-0.2, 0) is 16.0 Å². The molecular formula is C20H16BrF2NO3. The Labute approximate surface area is 163 Å². The molecule has 3 rings (SSSR count). The first kappa shape index (κ1) is 19.2. The molecule has 0 N–H and O–H groups in total. The molecule has 4 nitrogen and oxygen atoms in total. The van der Waals surface area contributed by atoms with E-state index in [1.54, 1.807) is 6.92 Å². The largest absolute Gasteiger partial charge is 0.457 e. The molecule has 0 radical (unpaired) electrons. The number of hydrogen-bond donors (Lipinski definition) is 0. The Morgan fingerprint density at radius 3 is 2.63 bits per heavy atom. The summed E-state index contributed by atoms with van der Waals surface area (Å²) in [4.78, 5) is 12.4. The normalized spacial score (nSPS) is 12.0. The molecule has 0 spiro atoms. The van der Waals surface area contributed by atoms with Crippen LogP contribution in [0.5, 0.6) is 0 Å². The number of benzene rings is 2. The van der Waals surface area contributed by atoms with Crippen LogP contribution in [0.25, 0.3) is 11.3 Å². The minimum atomic E-state index is -1.02. The summed E-state index contributed by atoms with van der Waals surface area (Å²) in [5.74, 6) is -2.12. The molecule has 0 bridgehead atoms. The van der Waals surface area contributed by atoms with Gasteiger partial charge in [0.2, 0.25) is 0 Å². The second-order valence-corrected chi connectivity index (χ2v) is 6.95. The zero-order chi connectivity index (χ0) is 19.6. The quantitative estimate of drug-likeness (QED) is 0.493. The van der Waals surface area contributed by atoms with E-state index in [9.17, 15) is 13.6 Å². The summed E-state index contributed by atoms with van der Waals surface area (Å²) >= 11 is 3.36. The first-order valence-corrected chi connectivity index (χ1v) is 9.00. The third-order valence-electron chi connectivity index (χ3n) is 4.14. The van der Waals surface area contributed by atoms with Gasteiger partial charge in [-0.3, -0.25) is 4.79 Å². The molecule has 1 unspecified atom stereocenters.